The van der Waals surface area contributed by atoms with E-state index < -0.39 is 5.91 Å². The van der Waals surface area contributed by atoms with Gasteiger partial charge in [0.05, 0.1) is 23.4 Å². The number of hydrogen-bond donors (Lipinski definition) is 2. The van der Waals surface area contributed by atoms with Crippen LogP contribution in [0.5, 0.6) is 5.75 Å². The molecule has 0 bridgehead atoms. The molecule has 2 aromatic carbocycles. The zero-order chi connectivity index (χ0) is 17.0. The van der Waals surface area contributed by atoms with Crippen molar-refractivity contribution in [3.05, 3.63) is 57.0 Å². The van der Waals surface area contributed by atoms with E-state index in [1.165, 1.54) is 13.2 Å². The highest BCUT2D eigenvalue weighted by Gasteiger charge is 2.15. The largest absolute Gasteiger partial charge is 0.496 e. The first kappa shape index (κ1) is 17.8. The summed E-state index contributed by atoms with van der Waals surface area (Å²) in [6.07, 6.45) is 0. The lowest BCUT2D eigenvalue weighted by Gasteiger charge is -2.13. The van der Waals surface area contributed by atoms with Crippen LogP contribution in [0.25, 0.3) is 0 Å². The Balaban J connectivity index is 2.12. The molecule has 1 amide bonds. The van der Waals surface area contributed by atoms with Crippen LogP contribution in [-0.2, 0) is 0 Å². The predicted octanol–water partition coefficient (Wildman–Crippen LogP) is 4.78. The molecule has 8 heteroatoms. The van der Waals surface area contributed by atoms with Crippen LogP contribution >= 0.6 is 47.0 Å². The average molecular weight is 390 g/mol. The van der Waals surface area contributed by atoms with E-state index in [2.05, 4.69) is 10.6 Å². The molecule has 2 aromatic rings. The van der Waals surface area contributed by atoms with Gasteiger partial charge in [-0.2, -0.15) is 0 Å². The molecule has 0 spiro atoms. The van der Waals surface area contributed by atoms with Crippen molar-refractivity contribution in [2.24, 2.45) is 0 Å². The summed E-state index contributed by atoms with van der Waals surface area (Å²) in [4.78, 5) is 12.3. The Hall–Kier alpha value is -1.53. The molecular weight excluding hydrogens is 379 g/mol. The van der Waals surface area contributed by atoms with Crippen molar-refractivity contribution in [1.29, 1.82) is 0 Å². The summed E-state index contributed by atoms with van der Waals surface area (Å²) >= 11 is 22.9. The molecule has 0 atom stereocenters. The van der Waals surface area contributed by atoms with Gasteiger partial charge in [-0.25, -0.2) is 0 Å². The van der Waals surface area contributed by atoms with Crippen molar-refractivity contribution >= 4 is 63.7 Å². The van der Waals surface area contributed by atoms with E-state index in [-0.39, 0.29) is 10.7 Å². The summed E-state index contributed by atoms with van der Waals surface area (Å²) in [6.45, 7) is 0. The molecule has 4 nitrogen and oxygen atoms in total. The standard InChI is InChI=1S/C15H11Cl3N2O2S/c1-22-13-5-3-8(16)6-10(13)14(21)20-15(23)19-12-7-9(17)2-4-11(12)18/h2-7H,1H3,(H2,19,20,21,23). The SMILES string of the molecule is COc1ccc(Cl)cc1C(=O)NC(=S)Nc1cc(Cl)ccc1Cl. The summed E-state index contributed by atoms with van der Waals surface area (Å²) < 4.78 is 5.13. The number of ether oxygens (including phenoxy) is 1. The first-order chi connectivity index (χ1) is 10.9. The van der Waals surface area contributed by atoms with Gasteiger partial charge in [0.15, 0.2) is 5.11 Å². The van der Waals surface area contributed by atoms with Crippen LogP contribution in [-0.4, -0.2) is 18.1 Å². The predicted molar refractivity (Wildman–Crippen MR) is 98.2 cm³/mol. The van der Waals surface area contributed by atoms with Crippen molar-refractivity contribution < 1.29 is 9.53 Å². The van der Waals surface area contributed by atoms with Gasteiger partial charge in [-0.05, 0) is 48.6 Å². The Morgan fingerprint density at radius 1 is 1.09 bits per heavy atom. The van der Waals surface area contributed by atoms with Crippen molar-refractivity contribution in [3.63, 3.8) is 0 Å². The molecule has 0 aliphatic rings. The lowest BCUT2D eigenvalue weighted by Crippen LogP contribution is -2.34. The zero-order valence-corrected chi connectivity index (χ0v) is 14.9. The number of anilines is 1. The zero-order valence-electron chi connectivity index (χ0n) is 11.8. The Labute approximate surface area is 153 Å². The molecule has 0 aromatic heterocycles. The van der Waals surface area contributed by atoms with E-state index in [9.17, 15) is 4.79 Å². The van der Waals surface area contributed by atoms with Crippen LogP contribution in [0.1, 0.15) is 10.4 Å². The summed E-state index contributed by atoms with van der Waals surface area (Å²) in [5.41, 5.74) is 0.754. The van der Waals surface area contributed by atoms with Crippen molar-refractivity contribution in [2.75, 3.05) is 12.4 Å². The van der Waals surface area contributed by atoms with E-state index in [1.807, 2.05) is 0 Å². The van der Waals surface area contributed by atoms with Crippen LogP contribution in [0.3, 0.4) is 0 Å². The number of hydrogen-bond acceptors (Lipinski definition) is 3. The highest BCUT2D eigenvalue weighted by Crippen LogP contribution is 2.26. The van der Waals surface area contributed by atoms with Crippen LogP contribution in [0.4, 0.5) is 5.69 Å². The number of methoxy groups -OCH3 is 1. The second-order valence-corrected chi connectivity index (χ2v) is 6.07. The summed E-state index contributed by atoms with van der Waals surface area (Å²) in [5.74, 6) is -0.0736. The number of amides is 1. The quantitative estimate of drug-likeness (QED) is 0.742. The third-order valence-corrected chi connectivity index (χ3v) is 3.81. The van der Waals surface area contributed by atoms with Gasteiger partial charge in [0, 0.05) is 10.0 Å². The maximum atomic E-state index is 12.3. The van der Waals surface area contributed by atoms with Gasteiger partial charge in [-0.1, -0.05) is 34.8 Å². The van der Waals surface area contributed by atoms with Crippen LogP contribution in [0.15, 0.2) is 36.4 Å². The third-order valence-electron chi connectivity index (χ3n) is 2.81. The van der Waals surface area contributed by atoms with Crippen molar-refractivity contribution in [2.45, 2.75) is 0 Å². The summed E-state index contributed by atoms with van der Waals surface area (Å²) in [5, 5.41) is 6.74. The monoisotopic (exact) mass is 388 g/mol. The summed E-state index contributed by atoms with van der Waals surface area (Å²) in [7, 11) is 1.46. The molecular formula is C15H11Cl3N2O2S. The molecule has 2 rings (SSSR count). The van der Waals surface area contributed by atoms with Gasteiger partial charge in [0.2, 0.25) is 0 Å². The van der Waals surface area contributed by atoms with Gasteiger partial charge >= 0.3 is 0 Å². The van der Waals surface area contributed by atoms with Gasteiger partial charge < -0.3 is 10.1 Å². The topological polar surface area (TPSA) is 50.4 Å². The maximum Gasteiger partial charge on any atom is 0.261 e. The molecule has 0 aliphatic carbocycles. The van der Waals surface area contributed by atoms with Gasteiger partial charge in [0.25, 0.3) is 5.91 Å². The number of carbonyl (C=O) groups is 1. The molecule has 0 unspecified atom stereocenters. The summed E-state index contributed by atoms with van der Waals surface area (Å²) in [6, 6.07) is 9.58. The van der Waals surface area contributed by atoms with Gasteiger partial charge in [0.1, 0.15) is 5.75 Å². The fourth-order valence-electron chi connectivity index (χ4n) is 1.77. The molecule has 0 fully saturated rings. The highest BCUT2D eigenvalue weighted by molar-refractivity contribution is 7.80. The molecule has 0 saturated carbocycles. The minimum absolute atomic E-state index is 0.0706. The third kappa shape index (κ3) is 4.72. The van der Waals surface area contributed by atoms with E-state index >= 15 is 0 Å². The first-order valence-electron chi connectivity index (χ1n) is 6.31. The maximum absolute atomic E-state index is 12.3. The Kier molecular flexibility index (Phi) is 6.07. The number of nitrogens with one attached hydrogen (secondary N) is 2. The smallest absolute Gasteiger partial charge is 0.261 e. The fourth-order valence-corrected chi connectivity index (χ4v) is 2.49. The normalized spacial score (nSPS) is 10.1. The Morgan fingerprint density at radius 3 is 2.43 bits per heavy atom. The second kappa shape index (κ2) is 7.84. The number of thiocarbonyl (C=S) groups is 1. The van der Waals surface area contributed by atoms with Crippen LogP contribution in [0, 0.1) is 0 Å². The minimum atomic E-state index is -0.458. The van der Waals surface area contributed by atoms with Crippen molar-refractivity contribution in [3.8, 4) is 5.75 Å². The van der Waals surface area contributed by atoms with Crippen LogP contribution < -0.4 is 15.4 Å². The molecule has 120 valence electrons. The number of carbonyl (C=O) groups excluding carboxylic acids is 1. The fraction of sp³-hybridized carbons (Fsp3) is 0.0667. The van der Waals surface area contributed by atoms with Crippen molar-refractivity contribution in [1.82, 2.24) is 5.32 Å². The minimum Gasteiger partial charge on any atom is -0.496 e. The second-order valence-electron chi connectivity index (χ2n) is 4.38. The van der Waals surface area contributed by atoms with E-state index in [0.29, 0.717) is 26.5 Å². The van der Waals surface area contributed by atoms with Gasteiger partial charge in [-0.3, -0.25) is 10.1 Å². The number of halogens is 3. The average Bonchev–Trinajstić information content (AvgIpc) is 2.50. The van der Waals surface area contributed by atoms with Crippen LogP contribution in [0.2, 0.25) is 15.1 Å². The van der Waals surface area contributed by atoms with E-state index in [0.717, 1.165) is 0 Å². The number of rotatable bonds is 3. The Bertz CT molecular complexity index is 768. The lowest BCUT2D eigenvalue weighted by atomic mass is 10.2. The van der Waals surface area contributed by atoms with Gasteiger partial charge in [-0.15, -0.1) is 0 Å². The molecule has 0 aliphatic heterocycles. The highest BCUT2D eigenvalue weighted by atomic mass is 35.5. The molecule has 0 radical (unpaired) electrons. The first-order valence-corrected chi connectivity index (χ1v) is 7.86. The Morgan fingerprint density at radius 2 is 1.74 bits per heavy atom. The molecule has 23 heavy (non-hydrogen) atoms. The molecule has 0 heterocycles. The van der Waals surface area contributed by atoms with E-state index in [4.69, 9.17) is 51.8 Å². The number of benzene rings is 2. The molecule has 0 saturated heterocycles. The lowest BCUT2D eigenvalue weighted by molar-refractivity contribution is 0.0975. The van der Waals surface area contributed by atoms with E-state index in [1.54, 1.807) is 30.3 Å². The molecule has 2 N–H and O–H groups in total.